The number of nitrogens with zero attached hydrogens (tertiary/aromatic N) is 3. The zero-order valence-corrected chi connectivity index (χ0v) is 13.3. The highest BCUT2D eigenvalue weighted by molar-refractivity contribution is 6.04. The van der Waals surface area contributed by atoms with Gasteiger partial charge in [-0.1, -0.05) is 6.92 Å². The van der Waals surface area contributed by atoms with Crippen LogP contribution in [0.2, 0.25) is 0 Å². The molecule has 0 atom stereocenters. The number of pyridine rings is 1. The van der Waals surface area contributed by atoms with Crippen LogP contribution < -0.4 is 5.32 Å². The number of anilines is 1. The van der Waals surface area contributed by atoms with E-state index < -0.39 is 0 Å². The Morgan fingerprint density at radius 2 is 2.10 bits per heavy atom. The average Bonchev–Trinajstić information content (AvgIpc) is 2.82. The quantitative estimate of drug-likeness (QED) is 0.943. The summed E-state index contributed by atoms with van der Waals surface area (Å²) in [5.41, 5.74) is 2.45. The van der Waals surface area contributed by atoms with Crippen molar-refractivity contribution in [3.8, 4) is 0 Å². The Balaban J connectivity index is 2.30. The lowest BCUT2D eigenvalue weighted by molar-refractivity contribution is 0.102. The van der Waals surface area contributed by atoms with Gasteiger partial charge in [0.15, 0.2) is 0 Å². The van der Waals surface area contributed by atoms with E-state index in [1.165, 1.54) is 0 Å². The SMILES string of the molecule is CCc1c(C(=O)Nc2cc(C)ccn2)cnn1C(C)(C)C. The van der Waals surface area contributed by atoms with Crippen LogP contribution in [0.4, 0.5) is 5.82 Å². The number of hydrogen-bond donors (Lipinski definition) is 1. The zero-order valence-electron chi connectivity index (χ0n) is 13.3. The summed E-state index contributed by atoms with van der Waals surface area (Å²) >= 11 is 0. The molecule has 0 radical (unpaired) electrons. The van der Waals surface area contributed by atoms with Gasteiger partial charge < -0.3 is 5.32 Å². The second-order valence-corrected chi connectivity index (χ2v) is 6.11. The molecular weight excluding hydrogens is 264 g/mol. The number of carbonyl (C=O) groups excluding carboxylic acids is 1. The third-order valence-electron chi connectivity index (χ3n) is 3.24. The molecule has 0 spiro atoms. The molecule has 0 bridgehead atoms. The van der Waals surface area contributed by atoms with Gasteiger partial charge in [0.1, 0.15) is 5.82 Å². The fourth-order valence-corrected chi connectivity index (χ4v) is 2.27. The number of carbonyl (C=O) groups is 1. The smallest absolute Gasteiger partial charge is 0.260 e. The van der Waals surface area contributed by atoms with Crippen LogP contribution in [0.25, 0.3) is 0 Å². The minimum Gasteiger partial charge on any atom is -0.306 e. The van der Waals surface area contributed by atoms with Gasteiger partial charge in [-0.15, -0.1) is 0 Å². The van der Waals surface area contributed by atoms with Gasteiger partial charge in [-0.2, -0.15) is 5.10 Å². The van der Waals surface area contributed by atoms with Gasteiger partial charge in [-0.05, 0) is 51.8 Å². The largest absolute Gasteiger partial charge is 0.306 e. The molecule has 5 heteroatoms. The molecule has 0 aliphatic rings. The fourth-order valence-electron chi connectivity index (χ4n) is 2.27. The van der Waals surface area contributed by atoms with Gasteiger partial charge in [-0.25, -0.2) is 4.98 Å². The summed E-state index contributed by atoms with van der Waals surface area (Å²) in [6, 6.07) is 3.74. The van der Waals surface area contributed by atoms with Crippen molar-refractivity contribution < 1.29 is 4.79 Å². The van der Waals surface area contributed by atoms with E-state index in [1.807, 2.05) is 30.7 Å². The summed E-state index contributed by atoms with van der Waals surface area (Å²) in [5, 5.41) is 7.21. The molecule has 0 saturated carbocycles. The number of amides is 1. The summed E-state index contributed by atoms with van der Waals surface area (Å²) in [4.78, 5) is 16.6. The van der Waals surface area contributed by atoms with Gasteiger partial charge in [0.2, 0.25) is 0 Å². The van der Waals surface area contributed by atoms with E-state index in [0.29, 0.717) is 11.4 Å². The summed E-state index contributed by atoms with van der Waals surface area (Å²) in [5.74, 6) is 0.394. The molecule has 0 aliphatic heterocycles. The molecule has 0 saturated heterocycles. The molecular formula is C16H22N4O. The van der Waals surface area contributed by atoms with E-state index in [2.05, 4.69) is 36.2 Å². The maximum atomic E-state index is 12.4. The van der Waals surface area contributed by atoms with Gasteiger partial charge in [0, 0.05) is 6.20 Å². The molecule has 2 rings (SSSR count). The maximum absolute atomic E-state index is 12.4. The van der Waals surface area contributed by atoms with Crippen LogP contribution in [0, 0.1) is 6.92 Å². The van der Waals surface area contributed by atoms with Crippen LogP contribution in [0.3, 0.4) is 0 Å². The molecule has 1 amide bonds. The minimum absolute atomic E-state index is 0.147. The van der Waals surface area contributed by atoms with Crippen molar-refractivity contribution in [2.45, 2.75) is 46.6 Å². The first-order valence-electron chi connectivity index (χ1n) is 7.14. The molecule has 2 heterocycles. The molecule has 0 aliphatic carbocycles. The highest BCUT2D eigenvalue weighted by Gasteiger charge is 2.23. The average molecular weight is 286 g/mol. The van der Waals surface area contributed by atoms with E-state index in [4.69, 9.17) is 0 Å². The Kier molecular flexibility index (Phi) is 4.11. The highest BCUT2D eigenvalue weighted by Crippen LogP contribution is 2.20. The van der Waals surface area contributed by atoms with E-state index in [1.54, 1.807) is 12.4 Å². The Bertz CT molecular complexity index is 653. The normalized spacial score (nSPS) is 11.5. The molecule has 0 aromatic carbocycles. The highest BCUT2D eigenvalue weighted by atomic mass is 16.1. The molecule has 1 N–H and O–H groups in total. The zero-order chi connectivity index (χ0) is 15.6. The van der Waals surface area contributed by atoms with Crippen molar-refractivity contribution in [2.24, 2.45) is 0 Å². The maximum Gasteiger partial charge on any atom is 0.260 e. The molecule has 21 heavy (non-hydrogen) atoms. The van der Waals surface area contributed by atoms with E-state index in [0.717, 1.165) is 17.7 Å². The third kappa shape index (κ3) is 3.29. The summed E-state index contributed by atoms with van der Waals surface area (Å²) in [6.07, 6.45) is 4.07. The Morgan fingerprint density at radius 3 is 2.67 bits per heavy atom. The van der Waals surface area contributed by atoms with Crippen LogP contribution in [0.15, 0.2) is 24.5 Å². The van der Waals surface area contributed by atoms with Crippen molar-refractivity contribution >= 4 is 11.7 Å². The first-order chi connectivity index (χ1) is 9.82. The number of aromatic nitrogens is 3. The van der Waals surface area contributed by atoms with Crippen molar-refractivity contribution in [3.05, 3.63) is 41.3 Å². The Morgan fingerprint density at radius 1 is 1.38 bits per heavy atom. The number of aryl methyl sites for hydroxylation is 1. The van der Waals surface area contributed by atoms with Crippen LogP contribution in [0.5, 0.6) is 0 Å². The molecule has 112 valence electrons. The summed E-state index contributed by atoms with van der Waals surface area (Å²) < 4.78 is 1.91. The van der Waals surface area contributed by atoms with Gasteiger partial charge in [-0.3, -0.25) is 9.48 Å². The first-order valence-corrected chi connectivity index (χ1v) is 7.14. The van der Waals surface area contributed by atoms with Crippen molar-refractivity contribution in [1.82, 2.24) is 14.8 Å². The summed E-state index contributed by atoms with van der Waals surface area (Å²) in [7, 11) is 0. The summed E-state index contributed by atoms with van der Waals surface area (Å²) in [6.45, 7) is 10.2. The van der Waals surface area contributed by atoms with Gasteiger partial charge >= 0.3 is 0 Å². The second-order valence-electron chi connectivity index (χ2n) is 6.11. The molecule has 0 unspecified atom stereocenters. The van der Waals surface area contributed by atoms with Crippen molar-refractivity contribution in [1.29, 1.82) is 0 Å². The van der Waals surface area contributed by atoms with E-state index in [-0.39, 0.29) is 11.4 Å². The monoisotopic (exact) mass is 286 g/mol. The first kappa shape index (κ1) is 15.2. The molecule has 2 aromatic rings. The van der Waals surface area contributed by atoms with E-state index >= 15 is 0 Å². The lowest BCUT2D eigenvalue weighted by atomic mass is 10.1. The molecule has 2 aromatic heterocycles. The predicted octanol–water partition coefficient (Wildman–Crippen LogP) is 3.16. The number of hydrogen-bond acceptors (Lipinski definition) is 3. The lowest BCUT2D eigenvalue weighted by Crippen LogP contribution is -2.26. The van der Waals surface area contributed by atoms with Crippen LogP contribution >= 0.6 is 0 Å². The lowest BCUT2D eigenvalue weighted by Gasteiger charge is -2.22. The topological polar surface area (TPSA) is 59.8 Å². The van der Waals surface area contributed by atoms with Crippen LogP contribution in [0.1, 0.15) is 49.3 Å². The van der Waals surface area contributed by atoms with Gasteiger partial charge in [0.25, 0.3) is 5.91 Å². The van der Waals surface area contributed by atoms with Crippen molar-refractivity contribution in [3.63, 3.8) is 0 Å². The minimum atomic E-state index is -0.166. The molecule has 5 nitrogen and oxygen atoms in total. The molecule has 0 fully saturated rings. The standard InChI is InChI=1S/C16H22N4O/c1-6-13-12(10-18-20(13)16(3,4)5)15(21)19-14-9-11(2)7-8-17-14/h7-10H,6H2,1-5H3,(H,17,19,21). The fraction of sp³-hybridized carbons (Fsp3) is 0.438. The second kappa shape index (κ2) is 5.68. The number of rotatable bonds is 3. The Hall–Kier alpha value is -2.17. The van der Waals surface area contributed by atoms with Crippen LogP contribution in [-0.4, -0.2) is 20.7 Å². The number of nitrogens with one attached hydrogen (secondary N) is 1. The van der Waals surface area contributed by atoms with Gasteiger partial charge in [0.05, 0.1) is 23.0 Å². The van der Waals surface area contributed by atoms with Crippen LogP contribution in [-0.2, 0) is 12.0 Å². The predicted molar refractivity (Wildman–Crippen MR) is 83.5 cm³/mol. The third-order valence-corrected chi connectivity index (χ3v) is 3.24. The Labute approximate surface area is 125 Å². The van der Waals surface area contributed by atoms with E-state index in [9.17, 15) is 4.79 Å². The van der Waals surface area contributed by atoms with Crippen molar-refractivity contribution in [2.75, 3.05) is 5.32 Å².